The lowest BCUT2D eigenvalue weighted by atomic mass is 10.1. The molecule has 0 aliphatic carbocycles. The van der Waals surface area contributed by atoms with Gasteiger partial charge in [0.2, 0.25) is 11.0 Å². The van der Waals surface area contributed by atoms with E-state index < -0.39 is 11.8 Å². The number of rotatable bonds is 9. The van der Waals surface area contributed by atoms with Gasteiger partial charge < -0.3 is 15.6 Å². The first-order chi connectivity index (χ1) is 19.4. The van der Waals surface area contributed by atoms with E-state index in [0.717, 1.165) is 26.4 Å². The van der Waals surface area contributed by atoms with Crippen molar-refractivity contribution >= 4 is 68.6 Å². The Bertz CT molecular complexity index is 1710. The van der Waals surface area contributed by atoms with Crippen molar-refractivity contribution in [3.8, 4) is 0 Å². The molecule has 0 unspecified atom stereocenters. The number of nitrogens with zero attached hydrogens (tertiary/aromatic N) is 2. The molecule has 0 saturated carbocycles. The summed E-state index contributed by atoms with van der Waals surface area (Å²) in [6.45, 7) is 1.82. The lowest BCUT2D eigenvalue weighted by Crippen LogP contribution is -2.30. The van der Waals surface area contributed by atoms with E-state index in [1.807, 2.05) is 43.3 Å². The fraction of sp³-hybridized carbons (Fsp3) is 0.0690. The third-order valence-corrected chi connectivity index (χ3v) is 7.43. The molecule has 0 saturated heterocycles. The van der Waals surface area contributed by atoms with Crippen LogP contribution in [0.15, 0.2) is 95.7 Å². The van der Waals surface area contributed by atoms with Crippen molar-refractivity contribution in [1.82, 2.24) is 20.5 Å². The Labute approximate surface area is 238 Å². The summed E-state index contributed by atoms with van der Waals surface area (Å²) in [5.41, 5.74) is 2.71. The highest BCUT2D eigenvalue weighted by Crippen LogP contribution is 2.24. The van der Waals surface area contributed by atoms with E-state index in [0.29, 0.717) is 16.4 Å². The number of para-hydroxylation sites is 1. The van der Waals surface area contributed by atoms with Gasteiger partial charge in [0.05, 0.1) is 5.75 Å². The number of carbonyl (C=O) groups excluding carboxylic acids is 3. The van der Waals surface area contributed by atoms with Gasteiger partial charge in [0, 0.05) is 38.8 Å². The number of fused-ring (bicyclic) bond motifs is 1. The Hall–Kier alpha value is -4.74. The quantitative estimate of drug-likeness (QED) is 0.138. The average molecular weight is 569 g/mol. The fourth-order valence-electron chi connectivity index (χ4n) is 3.82. The first-order valence-electron chi connectivity index (χ1n) is 12.2. The van der Waals surface area contributed by atoms with Crippen LogP contribution in [0.5, 0.6) is 0 Å². The lowest BCUT2D eigenvalue weighted by Gasteiger charge is -2.12. The molecular weight excluding hydrogens is 544 g/mol. The monoisotopic (exact) mass is 568 g/mol. The van der Waals surface area contributed by atoms with E-state index in [-0.39, 0.29) is 17.4 Å². The summed E-state index contributed by atoms with van der Waals surface area (Å²) in [4.78, 5) is 42.7. The summed E-state index contributed by atoms with van der Waals surface area (Å²) < 4.78 is 0. The molecule has 11 heteroatoms. The van der Waals surface area contributed by atoms with Gasteiger partial charge in [-0.2, -0.15) is 0 Å². The molecule has 3 amide bonds. The first kappa shape index (κ1) is 26.9. The SMILES string of the molecule is Cc1nnc(NC(=O)CSc2cccc(NC(=O)/C(=C/c3c[nH]c4ccccc34)NC(=O)c3ccccc3)c2)s1. The summed E-state index contributed by atoms with van der Waals surface area (Å²) in [7, 11) is 0. The Morgan fingerprint density at radius 2 is 1.75 bits per heavy atom. The van der Waals surface area contributed by atoms with Crippen molar-refractivity contribution in [2.45, 2.75) is 11.8 Å². The van der Waals surface area contributed by atoms with E-state index >= 15 is 0 Å². The van der Waals surface area contributed by atoms with E-state index in [2.05, 4.69) is 31.1 Å². The van der Waals surface area contributed by atoms with Crippen LogP contribution >= 0.6 is 23.1 Å². The highest BCUT2D eigenvalue weighted by atomic mass is 32.2. The minimum atomic E-state index is -0.485. The van der Waals surface area contributed by atoms with Gasteiger partial charge in [-0.25, -0.2) is 0 Å². The fourth-order valence-corrected chi connectivity index (χ4v) is 5.19. The predicted molar refractivity (Wildman–Crippen MR) is 159 cm³/mol. The van der Waals surface area contributed by atoms with Crippen LogP contribution in [0.1, 0.15) is 20.9 Å². The number of aromatic nitrogens is 3. The molecule has 9 nitrogen and oxygen atoms in total. The number of hydrogen-bond donors (Lipinski definition) is 4. The largest absolute Gasteiger partial charge is 0.361 e. The minimum Gasteiger partial charge on any atom is -0.361 e. The molecule has 0 fully saturated rings. The summed E-state index contributed by atoms with van der Waals surface area (Å²) in [6.07, 6.45) is 3.44. The molecule has 0 atom stereocenters. The standard InChI is InChI=1S/C29H24N6O3S2/c1-18-34-35-29(40-18)33-26(36)17-39-22-11-7-10-21(15-22)31-28(38)25(32-27(37)19-8-3-2-4-9-19)14-20-16-30-24-13-6-5-12-23(20)24/h2-16,30H,17H2,1H3,(H,31,38)(H,32,37)(H,33,35,36)/b25-14-. The van der Waals surface area contributed by atoms with E-state index in [1.165, 1.54) is 23.1 Å². The van der Waals surface area contributed by atoms with Crippen LogP contribution in [0.4, 0.5) is 10.8 Å². The molecule has 3 aromatic carbocycles. The van der Waals surface area contributed by atoms with E-state index in [4.69, 9.17) is 0 Å². The van der Waals surface area contributed by atoms with Crippen molar-refractivity contribution in [3.63, 3.8) is 0 Å². The zero-order valence-electron chi connectivity index (χ0n) is 21.3. The normalized spacial score (nSPS) is 11.3. The molecular formula is C29H24N6O3S2. The smallest absolute Gasteiger partial charge is 0.272 e. The van der Waals surface area contributed by atoms with Gasteiger partial charge >= 0.3 is 0 Å². The van der Waals surface area contributed by atoms with Crippen molar-refractivity contribution in [2.24, 2.45) is 0 Å². The third-order valence-electron chi connectivity index (χ3n) is 5.68. The summed E-state index contributed by atoms with van der Waals surface area (Å²) >= 11 is 2.63. The summed E-state index contributed by atoms with van der Waals surface area (Å²) in [6, 6.07) is 23.6. The van der Waals surface area contributed by atoms with Crippen LogP contribution < -0.4 is 16.0 Å². The number of benzene rings is 3. The molecule has 5 aromatic rings. The van der Waals surface area contributed by atoms with Crippen LogP contribution in [-0.4, -0.2) is 38.7 Å². The number of aryl methyl sites for hydroxylation is 1. The van der Waals surface area contributed by atoms with Crippen molar-refractivity contribution in [1.29, 1.82) is 0 Å². The number of anilines is 2. The van der Waals surface area contributed by atoms with Gasteiger partial charge in [0.15, 0.2) is 0 Å². The van der Waals surface area contributed by atoms with Crippen LogP contribution in [0, 0.1) is 6.92 Å². The van der Waals surface area contributed by atoms with Crippen LogP contribution in [0.2, 0.25) is 0 Å². The molecule has 2 aromatic heterocycles. The number of thioether (sulfide) groups is 1. The highest BCUT2D eigenvalue weighted by Gasteiger charge is 2.16. The van der Waals surface area contributed by atoms with Gasteiger partial charge in [0.1, 0.15) is 10.7 Å². The Morgan fingerprint density at radius 1 is 0.950 bits per heavy atom. The number of carbonyl (C=O) groups is 3. The maximum atomic E-state index is 13.4. The second kappa shape index (κ2) is 12.4. The van der Waals surface area contributed by atoms with Gasteiger partial charge in [0.25, 0.3) is 11.8 Å². The number of aromatic amines is 1. The highest BCUT2D eigenvalue weighted by molar-refractivity contribution is 8.00. The predicted octanol–water partition coefficient (Wildman–Crippen LogP) is 5.47. The maximum absolute atomic E-state index is 13.4. The van der Waals surface area contributed by atoms with Crippen LogP contribution in [0.3, 0.4) is 0 Å². The number of hydrogen-bond acceptors (Lipinski definition) is 7. The molecule has 0 radical (unpaired) electrons. The Balaban J connectivity index is 1.32. The Morgan fingerprint density at radius 3 is 2.55 bits per heavy atom. The summed E-state index contributed by atoms with van der Waals surface area (Å²) in [5.74, 6) is -0.929. The van der Waals surface area contributed by atoms with Crippen molar-refractivity contribution < 1.29 is 14.4 Å². The maximum Gasteiger partial charge on any atom is 0.272 e. The zero-order chi connectivity index (χ0) is 27.9. The third kappa shape index (κ3) is 6.82. The topological polar surface area (TPSA) is 129 Å². The molecule has 0 aliphatic rings. The van der Waals surface area contributed by atoms with E-state index in [1.54, 1.807) is 54.7 Å². The lowest BCUT2D eigenvalue weighted by molar-refractivity contribution is -0.114. The molecule has 40 heavy (non-hydrogen) atoms. The second-order valence-corrected chi connectivity index (χ2v) is 10.8. The van der Waals surface area contributed by atoms with Crippen LogP contribution in [-0.2, 0) is 9.59 Å². The minimum absolute atomic E-state index is 0.0865. The molecule has 200 valence electrons. The van der Waals surface area contributed by atoms with Crippen LogP contribution in [0.25, 0.3) is 17.0 Å². The molecule has 4 N–H and O–H groups in total. The summed E-state index contributed by atoms with van der Waals surface area (Å²) in [5, 5.41) is 18.3. The van der Waals surface area contributed by atoms with Gasteiger partial charge in [-0.1, -0.05) is 53.8 Å². The zero-order valence-corrected chi connectivity index (χ0v) is 22.9. The van der Waals surface area contributed by atoms with Gasteiger partial charge in [-0.15, -0.1) is 22.0 Å². The first-order valence-corrected chi connectivity index (χ1v) is 14.0. The van der Waals surface area contributed by atoms with Gasteiger partial charge in [-0.05, 0) is 49.4 Å². The number of H-pyrrole nitrogens is 1. The van der Waals surface area contributed by atoms with E-state index in [9.17, 15) is 14.4 Å². The van der Waals surface area contributed by atoms with Gasteiger partial charge in [-0.3, -0.25) is 19.7 Å². The molecule has 2 heterocycles. The van der Waals surface area contributed by atoms with Crippen molar-refractivity contribution in [2.75, 3.05) is 16.4 Å². The molecule has 0 bridgehead atoms. The molecule has 0 aliphatic heterocycles. The average Bonchev–Trinajstić information content (AvgIpc) is 3.57. The van der Waals surface area contributed by atoms with Crippen molar-refractivity contribution in [3.05, 3.63) is 107 Å². The number of amides is 3. The molecule has 5 rings (SSSR count). The second-order valence-electron chi connectivity index (χ2n) is 8.61. The molecule has 0 spiro atoms. The number of nitrogens with one attached hydrogen (secondary N) is 4. The Kier molecular flexibility index (Phi) is 8.33.